The number of aromatic nitrogens is 2. The molecule has 0 bridgehead atoms. The highest BCUT2D eigenvalue weighted by molar-refractivity contribution is 6.29. The molecule has 3 rings (SSSR count). The van der Waals surface area contributed by atoms with Gasteiger partial charge >= 0.3 is 0 Å². The highest BCUT2D eigenvalue weighted by atomic mass is 35.5. The second kappa shape index (κ2) is 4.07. The SMILES string of the molecule is Clc1cccc2cnc(C3CCCNC3)n12. The molecule has 3 nitrogen and oxygen atoms in total. The van der Waals surface area contributed by atoms with Crippen LogP contribution in [0.1, 0.15) is 24.6 Å². The van der Waals surface area contributed by atoms with Gasteiger partial charge in [0.25, 0.3) is 0 Å². The van der Waals surface area contributed by atoms with Crippen LogP contribution in [0.15, 0.2) is 24.4 Å². The summed E-state index contributed by atoms with van der Waals surface area (Å²) in [4.78, 5) is 4.52. The smallest absolute Gasteiger partial charge is 0.118 e. The lowest BCUT2D eigenvalue weighted by Gasteiger charge is -2.22. The number of hydrogen-bond donors (Lipinski definition) is 1. The molecule has 84 valence electrons. The number of pyridine rings is 1. The van der Waals surface area contributed by atoms with Crippen molar-refractivity contribution in [1.29, 1.82) is 0 Å². The van der Waals surface area contributed by atoms with E-state index in [4.69, 9.17) is 11.6 Å². The quantitative estimate of drug-likeness (QED) is 0.770. The van der Waals surface area contributed by atoms with E-state index in [1.165, 1.54) is 12.8 Å². The molecule has 1 N–H and O–H groups in total. The summed E-state index contributed by atoms with van der Waals surface area (Å²) in [7, 11) is 0. The summed E-state index contributed by atoms with van der Waals surface area (Å²) in [6, 6.07) is 5.91. The Labute approximate surface area is 99.4 Å². The third-order valence-corrected chi connectivity index (χ3v) is 3.49. The lowest BCUT2D eigenvalue weighted by atomic mass is 9.99. The number of imidazole rings is 1. The summed E-state index contributed by atoms with van der Waals surface area (Å²) in [6.45, 7) is 2.12. The van der Waals surface area contributed by atoms with Gasteiger partial charge in [0.1, 0.15) is 11.0 Å². The van der Waals surface area contributed by atoms with Crippen molar-refractivity contribution < 1.29 is 0 Å². The summed E-state index contributed by atoms with van der Waals surface area (Å²) in [5.74, 6) is 1.57. The minimum absolute atomic E-state index is 0.483. The molecule has 1 atom stereocenters. The van der Waals surface area contributed by atoms with Gasteiger partial charge in [-0.05, 0) is 31.5 Å². The average Bonchev–Trinajstić information content (AvgIpc) is 2.75. The molecule has 0 spiro atoms. The zero-order valence-corrected chi connectivity index (χ0v) is 9.74. The molecule has 1 unspecified atom stereocenters. The molecule has 1 aliphatic heterocycles. The van der Waals surface area contributed by atoms with Crippen LogP contribution in [0.5, 0.6) is 0 Å². The number of nitrogens with zero attached hydrogens (tertiary/aromatic N) is 2. The van der Waals surface area contributed by atoms with E-state index in [2.05, 4.69) is 14.7 Å². The van der Waals surface area contributed by atoms with E-state index in [-0.39, 0.29) is 0 Å². The van der Waals surface area contributed by atoms with Gasteiger partial charge in [-0.15, -0.1) is 0 Å². The van der Waals surface area contributed by atoms with E-state index in [1.54, 1.807) is 0 Å². The first-order valence-electron chi connectivity index (χ1n) is 5.69. The molecule has 0 saturated carbocycles. The van der Waals surface area contributed by atoms with Crippen molar-refractivity contribution in [3.05, 3.63) is 35.4 Å². The van der Waals surface area contributed by atoms with Gasteiger partial charge in [0.2, 0.25) is 0 Å². The summed E-state index contributed by atoms with van der Waals surface area (Å²) in [5, 5.41) is 4.16. The molecule has 0 aromatic carbocycles. The summed E-state index contributed by atoms with van der Waals surface area (Å²) >= 11 is 6.23. The van der Waals surface area contributed by atoms with Crippen molar-refractivity contribution in [2.24, 2.45) is 0 Å². The Balaban J connectivity index is 2.09. The zero-order valence-electron chi connectivity index (χ0n) is 8.99. The van der Waals surface area contributed by atoms with Gasteiger partial charge in [-0.1, -0.05) is 17.7 Å². The van der Waals surface area contributed by atoms with Crippen molar-refractivity contribution in [1.82, 2.24) is 14.7 Å². The van der Waals surface area contributed by atoms with E-state index in [9.17, 15) is 0 Å². The Morgan fingerprint density at radius 3 is 3.19 bits per heavy atom. The van der Waals surface area contributed by atoms with Crippen molar-refractivity contribution >= 4 is 17.1 Å². The van der Waals surface area contributed by atoms with Gasteiger partial charge in [0.05, 0.1) is 11.7 Å². The lowest BCUT2D eigenvalue weighted by Crippen LogP contribution is -2.29. The molecule has 0 amide bonds. The van der Waals surface area contributed by atoms with E-state index >= 15 is 0 Å². The van der Waals surface area contributed by atoms with Gasteiger partial charge < -0.3 is 5.32 Å². The number of halogens is 1. The molecular weight excluding hydrogens is 222 g/mol. The summed E-state index contributed by atoms with van der Waals surface area (Å²) in [6.07, 6.45) is 4.30. The third kappa shape index (κ3) is 1.60. The second-order valence-corrected chi connectivity index (χ2v) is 4.66. The Morgan fingerprint density at radius 2 is 2.38 bits per heavy atom. The van der Waals surface area contributed by atoms with Crippen LogP contribution in [0.4, 0.5) is 0 Å². The number of rotatable bonds is 1. The topological polar surface area (TPSA) is 29.3 Å². The van der Waals surface area contributed by atoms with Gasteiger partial charge in [-0.25, -0.2) is 4.98 Å². The van der Waals surface area contributed by atoms with Crippen LogP contribution >= 0.6 is 11.6 Å². The largest absolute Gasteiger partial charge is 0.316 e. The maximum absolute atomic E-state index is 6.23. The van der Waals surface area contributed by atoms with Crippen LogP contribution in [-0.4, -0.2) is 22.5 Å². The molecule has 2 aromatic heterocycles. The minimum Gasteiger partial charge on any atom is -0.316 e. The molecule has 4 heteroatoms. The Kier molecular flexibility index (Phi) is 2.58. The predicted octanol–water partition coefficient (Wildman–Crippen LogP) is 2.45. The number of nitrogens with one attached hydrogen (secondary N) is 1. The first-order valence-corrected chi connectivity index (χ1v) is 6.06. The summed E-state index contributed by atoms with van der Waals surface area (Å²) < 4.78 is 2.05. The van der Waals surface area contributed by atoms with Crippen LogP contribution in [-0.2, 0) is 0 Å². The third-order valence-electron chi connectivity index (χ3n) is 3.19. The van der Waals surface area contributed by atoms with Gasteiger partial charge in [0, 0.05) is 12.5 Å². The van der Waals surface area contributed by atoms with Gasteiger partial charge in [-0.2, -0.15) is 0 Å². The lowest BCUT2D eigenvalue weighted by molar-refractivity contribution is 0.445. The Bertz CT molecular complexity index is 500. The number of fused-ring (bicyclic) bond motifs is 1. The van der Waals surface area contributed by atoms with Crippen LogP contribution in [0.3, 0.4) is 0 Å². The van der Waals surface area contributed by atoms with E-state index in [0.29, 0.717) is 5.92 Å². The monoisotopic (exact) mass is 235 g/mol. The minimum atomic E-state index is 0.483. The van der Waals surface area contributed by atoms with E-state index < -0.39 is 0 Å². The molecule has 1 saturated heterocycles. The molecule has 0 radical (unpaired) electrons. The first kappa shape index (κ1) is 10.1. The van der Waals surface area contributed by atoms with Crippen LogP contribution in [0.25, 0.3) is 5.52 Å². The van der Waals surface area contributed by atoms with Crippen LogP contribution in [0.2, 0.25) is 5.15 Å². The summed E-state index contributed by atoms with van der Waals surface area (Å²) in [5.41, 5.74) is 1.08. The predicted molar refractivity (Wildman–Crippen MR) is 65.0 cm³/mol. The zero-order chi connectivity index (χ0) is 11.0. The van der Waals surface area contributed by atoms with Crippen LogP contribution in [0, 0.1) is 0 Å². The molecule has 0 aliphatic carbocycles. The number of hydrogen-bond acceptors (Lipinski definition) is 2. The fourth-order valence-corrected chi connectivity index (χ4v) is 2.65. The highest BCUT2D eigenvalue weighted by Crippen LogP contribution is 2.25. The van der Waals surface area contributed by atoms with Gasteiger partial charge in [-0.3, -0.25) is 4.40 Å². The molecule has 3 heterocycles. The molecule has 1 aliphatic rings. The number of piperidine rings is 1. The maximum atomic E-state index is 6.23. The normalized spacial score (nSPS) is 21.4. The van der Waals surface area contributed by atoms with Gasteiger partial charge in [0.15, 0.2) is 0 Å². The standard InChI is InChI=1S/C12H14ClN3/c13-11-5-1-4-10-8-15-12(16(10)11)9-3-2-6-14-7-9/h1,4-5,8-9,14H,2-3,6-7H2. The molecule has 1 fully saturated rings. The second-order valence-electron chi connectivity index (χ2n) is 4.27. The van der Waals surface area contributed by atoms with E-state index in [0.717, 1.165) is 29.6 Å². The van der Waals surface area contributed by atoms with Crippen molar-refractivity contribution in [2.45, 2.75) is 18.8 Å². The maximum Gasteiger partial charge on any atom is 0.118 e. The fraction of sp³-hybridized carbons (Fsp3) is 0.417. The van der Waals surface area contributed by atoms with E-state index in [1.807, 2.05) is 24.4 Å². The molecule has 16 heavy (non-hydrogen) atoms. The fourth-order valence-electron chi connectivity index (χ4n) is 2.39. The Morgan fingerprint density at radius 1 is 1.44 bits per heavy atom. The van der Waals surface area contributed by atoms with Crippen molar-refractivity contribution in [3.8, 4) is 0 Å². The molecular formula is C12H14ClN3. The van der Waals surface area contributed by atoms with Crippen molar-refractivity contribution in [2.75, 3.05) is 13.1 Å². The van der Waals surface area contributed by atoms with Crippen LogP contribution < -0.4 is 5.32 Å². The average molecular weight is 236 g/mol. The van der Waals surface area contributed by atoms with Crippen molar-refractivity contribution in [3.63, 3.8) is 0 Å². The highest BCUT2D eigenvalue weighted by Gasteiger charge is 2.20. The Hall–Kier alpha value is -1.06. The first-order chi connectivity index (χ1) is 7.86. The molecule has 2 aromatic rings.